The van der Waals surface area contributed by atoms with Gasteiger partial charge in [0.25, 0.3) is 0 Å². The smallest absolute Gasteiger partial charge is 0.227 e. The summed E-state index contributed by atoms with van der Waals surface area (Å²) in [7, 11) is 8.99. The van der Waals surface area contributed by atoms with Gasteiger partial charge < -0.3 is 29.3 Å². The number of hydrogen-bond donors (Lipinski definition) is 1. The zero-order valence-electron chi connectivity index (χ0n) is 19.7. The summed E-state index contributed by atoms with van der Waals surface area (Å²) < 4.78 is 16.2. The van der Waals surface area contributed by atoms with E-state index in [0.717, 1.165) is 42.3 Å². The minimum atomic E-state index is 0.458. The Labute approximate surface area is 194 Å². The number of likely N-dealkylation sites (N-methyl/N-ethyl adjacent to an activating group) is 1. The van der Waals surface area contributed by atoms with Gasteiger partial charge in [-0.25, -0.2) is 15.0 Å². The zero-order chi connectivity index (χ0) is 23.4. The van der Waals surface area contributed by atoms with Crippen LogP contribution in [0.15, 0.2) is 42.7 Å². The van der Waals surface area contributed by atoms with E-state index >= 15 is 0 Å². The van der Waals surface area contributed by atoms with E-state index in [2.05, 4.69) is 56.3 Å². The maximum absolute atomic E-state index is 5.42. The monoisotopic (exact) mass is 450 g/mol. The first-order valence-electron chi connectivity index (χ1n) is 10.8. The van der Waals surface area contributed by atoms with Crippen molar-refractivity contribution in [2.45, 2.75) is 12.5 Å². The molecule has 0 aliphatic carbocycles. The number of aromatic nitrogens is 3. The highest BCUT2D eigenvalue weighted by Gasteiger charge is 2.24. The number of pyridine rings is 1. The molecule has 0 spiro atoms. The van der Waals surface area contributed by atoms with Crippen LogP contribution in [0.3, 0.4) is 0 Å². The Morgan fingerprint density at radius 2 is 1.76 bits per heavy atom. The largest absolute Gasteiger partial charge is 0.493 e. The Morgan fingerprint density at radius 3 is 2.33 bits per heavy atom. The standard InChI is InChI=1S/C24H30N6O3/c1-29(2)18-9-11-30(15-18)22-7-6-16(14-26-22)19-8-10-25-24(28-19)27-17-12-20(31-3)23(33-5)21(13-17)32-4/h6-8,10,12-14,18H,9,11,15H2,1-5H3,(H,25,27,28)/t18-/m1/s1. The van der Waals surface area contributed by atoms with E-state index < -0.39 is 0 Å². The molecule has 174 valence electrons. The molecule has 1 atom stereocenters. The predicted molar refractivity (Wildman–Crippen MR) is 129 cm³/mol. The summed E-state index contributed by atoms with van der Waals surface area (Å²) in [5.74, 6) is 3.08. The maximum Gasteiger partial charge on any atom is 0.227 e. The molecule has 4 rings (SSSR count). The Kier molecular flexibility index (Phi) is 6.79. The SMILES string of the molecule is COc1cc(Nc2nccc(-c3ccc(N4CC[C@@H](N(C)C)C4)nc3)n2)cc(OC)c1OC. The molecule has 0 radical (unpaired) electrons. The van der Waals surface area contributed by atoms with Crippen molar-refractivity contribution >= 4 is 17.5 Å². The zero-order valence-corrected chi connectivity index (χ0v) is 19.7. The number of hydrogen-bond acceptors (Lipinski definition) is 9. The van der Waals surface area contributed by atoms with Crippen LogP contribution in [0.1, 0.15) is 6.42 Å². The molecule has 1 fully saturated rings. The van der Waals surface area contributed by atoms with E-state index in [4.69, 9.17) is 14.2 Å². The summed E-state index contributed by atoms with van der Waals surface area (Å²) >= 11 is 0. The fourth-order valence-electron chi connectivity index (χ4n) is 3.96. The normalized spacial score (nSPS) is 15.6. The van der Waals surface area contributed by atoms with Gasteiger partial charge in [0.05, 0.1) is 27.0 Å². The molecule has 1 aliphatic heterocycles. The fraction of sp³-hybridized carbons (Fsp3) is 0.375. The third-order valence-corrected chi connectivity index (χ3v) is 5.84. The molecule has 3 heterocycles. The van der Waals surface area contributed by atoms with Crippen molar-refractivity contribution in [3.63, 3.8) is 0 Å². The number of methoxy groups -OCH3 is 3. The van der Waals surface area contributed by atoms with Gasteiger partial charge in [-0.1, -0.05) is 0 Å². The summed E-state index contributed by atoms with van der Waals surface area (Å²) in [6, 6.07) is 10.2. The molecule has 1 N–H and O–H groups in total. The lowest BCUT2D eigenvalue weighted by atomic mass is 10.2. The van der Waals surface area contributed by atoms with Gasteiger partial charge in [-0.15, -0.1) is 0 Å². The van der Waals surface area contributed by atoms with Crippen LogP contribution in [-0.4, -0.2) is 74.4 Å². The summed E-state index contributed by atoms with van der Waals surface area (Å²) in [5.41, 5.74) is 2.43. The molecular weight excluding hydrogens is 420 g/mol. The molecule has 33 heavy (non-hydrogen) atoms. The molecular formula is C24H30N6O3. The lowest BCUT2D eigenvalue weighted by molar-refractivity contribution is 0.315. The van der Waals surface area contributed by atoms with Crippen LogP contribution < -0.4 is 24.4 Å². The molecule has 0 saturated carbocycles. The second-order valence-corrected chi connectivity index (χ2v) is 8.06. The van der Waals surface area contributed by atoms with Gasteiger partial charge >= 0.3 is 0 Å². The highest BCUT2D eigenvalue weighted by atomic mass is 16.5. The van der Waals surface area contributed by atoms with Crippen LogP contribution in [0.4, 0.5) is 17.5 Å². The highest BCUT2D eigenvalue weighted by Crippen LogP contribution is 2.40. The van der Waals surface area contributed by atoms with Crippen molar-refractivity contribution in [2.75, 3.05) is 58.7 Å². The fourth-order valence-corrected chi connectivity index (χ4v) is 3.96. The Hall–Kier alpha value is -3.59. The van der Waals surface area contributed by atoms with Crippen molar-refractivity contribution in [3.8, 4) is 28.5 Å². The highest BCUT2D eigenvalue weighted by molar-refractivity contribution is 5.67. The summed E-state index contributed by atoms with van der Waals surface area (Å²) in [5, 5.41) is 3.22. The number of nitrogens with zero attached hydrogens (tertiary/aromatic N) is 5. The molecule has 3 aromatic rings. The van der Waals surface area contributed by atoms with Gasteiger partial charge in [0.1, 0.15) is 5.82 Å². The third-order valence-electron chi connectivity index (χ3n) is 5.84. The van der Waals surface area contributed by atoms with Crippen molar-refractivity contribution in [3.05, 3.63) is 42.7 Å². The quantitative estimate of drug-likeness (QED) is 0.555. The van der Waals surface area contributed by atoms with E-state index in [1.807, 2.05) is 24.4 Å². The lowest BCUT2D eigenvalue weighted by Crippen LogP contribution is -2.31. The molecule has 9 nitrogen and oxygen atoms in total. The van der Waals surface area contributed by atoms with Crippen LogP contribution in [0.5, 0.6) is 17.2 Å². The van der Waals surface area contributed by atoms with Crippen molar-refractivity contribution in [1.82, 2.24) is 19.9 Å². The summed E-state index contributed by atoms with van der Waals surface area (Å²) in [4.78, 5) is 18.3. The van der Waals surface area contributed by atoms with Gasteiger partial charge in [-0.2, -0.15) is 0 Å². The average Bonchev–Trinajstić information content (AvgIpc) is 3.34. The average molecular weight is 451 g/mol. The van der Waals surface area contributed by atoms with Crippen molar-refractivity contribution < 1.29 is 14.2 Å². The van der Waals surface area contributed by atoms with Gasteiger partial charge in [-0.3, -0.25) is 0 Å². The minimum absolute atomic E-state index is 0.458. The molecule has 1 aromatic carbocycles. The number of benzene rings is 1. The predicted octanol–water partition coefficient (Wildman–Crippen LogP) is 3.45. The van der Waals surface area contributed by atoms with Crippen molar-refractivity contribution in [2.24, 2.45) is 0 Å². The first-order valence-corrected chi connectivity index (χ1v) is 10.8. The number of rotatable bonds is 8. The second kappa shape index (κ2) is 9.91. The first-order chi connectivity index (χ1) is 16.0. The molecule has 9 heteroatoms. The molecule has 0 amide bonds. The Morgan fingerprint density at radius 1 is 1.00 bits per heavy atom. The Balaban J connectivity index is 1.52. The summed E-state index contributed by atoms with van der Waals surface area (Å²) in [6.07, 6.45) is 4.74. The number of ether oxygens (including phenoxy) is 3. The van der Waals surface area contributed by atoms with Gasteiger partial charge in [0, 0.05) is 54.9 Å². The lowest BCUT2D eigenvalue weighted by Gasteiger charge is -2.21. The molecule has 2 aromatic heterocycles. The number of nitrogens with one attached hydrogen (secondary N) is 1. The van der Waals surface area contributed by atoms with E-state index in [9.17, 15) is 0 Å². The second-order valence-electron chi connectivity index (χ2n) is 8.06. The number of anilines is 3. The van der Waals surface area contributed by atoms with E-state index in [0.29, 0.717) is 29.2 Å². The first kappa shape index (κ1) is 22.6. The minimum Gasteiger partial charge on any atom is -0.493 e. The van der Waals surface area contributed by atoms with E-state index in [1.165, 1.54) is 0 Å². The molecule has 0 bridgehead atoms. The maximum atomic E-state index is 5.42. The molecule has 1 saturated heterocycles. The molecule has 0 unspecified atom stereocenters. The van der Waals surface area contributed by atoms with E-state index in [1.54, 1.807) is 27.5 Å². The third kappa shape index (κ3) is 4.93. The van der Waals surface area contributed by atoms with Crippen LogP contribution in [0.2, 0.25) is 0 Å². The van der Waals surface area contributed by atoms with E-state index in [-0.39, 0.29) is 0 Å². The topological polar surface area (TPSA) is 84.9 Å². The Bertz CT molecular complexity index is 1060. The molecule has 1 aliphatic rings. The van der Waals surface area contributed by atoms with Gasteiger partial charge in [0.15, 0.2) is 11.5 Å². The van der Waals surface area contributed by atoms with Crippen LogP contribution in [0, 0.1) is 0 Å². The van der Waals surface area contributed by atoms with Crippen LogP contribution in [0.25, 0.3) is 11.3 Å². The van der Waals surface area contributed by atoms with Gasteiger partial charge in [0.2, 0.25) is 11.7 Å². The van der Waals surface area contributed by atoms with Crippen LogP contribution >= 0.6 is 0 Å². The van der Waals surface area contributed by atoms with Gasteiger partial charge in [-0.05, 0) is 38.7 Å². The van der Waals surface area contributed by atoms with Crippen LogP contribution in [-0.2, 0) is 0 Å². The van der Waals surface area contributed by atoms with Crippen molar-refractivity contribution in [1.29, 1.82) is 0 Å². The summed E-state index contributed by atoms with van der Waals surface area (Å²) in [6.45, 7) is 2.02.